The topological polar surface area (TPSA) is 70.7 Å². The summed E-state index contributed by atoms with van der Waals surface area (Å²) in [6, 6.07) is 5.69. The number of H-pyrrole nitrogens is 1. The maximum atomic E-state index is 11.9. The normalized spacial score (nSPS) is 10.8. The number of rotatable bonds is 4. The molecule has 102 valence electrons. The number of nitrogens with zero attached hydrogens (tertiary/aromatic N) is 2. The Hall–Kier alpha value is -2.21. The molecule has 20 heavy (non-hydrogen) atoms. The molecule has 6 heteroatoms. The smallest absolute Gasteiger partial charge is 0.224 e. The average molecular weight is 286 g/mol. The zero-order valence-electron chi connectivity index (χ0n) is 11.0. The number of hydrogen-bond donors (Lipinski definition) is 2. The SMILES string of the molecule is Cc1nc(CCC(=O)Nc2ccc3cn[nH]c3c2)cs1. The minimum absolute atomic E-state index is 0.00508. The molecule has 0 spiro atoms. The van der Waals surface area contributed by atoms with Gasteiger partial charge in [-0.3, -0.25) is 9.89 Å². The van der Waals surface area contributed by atoms with Crippen molar-refractivity contribution in [3.8, 4) is 0 Å². The number of fused-ring (bicyclic) bond motifs is 1. The predicted molar refractivity (Wildman–Crippen MR) is 79.9 cm³/mol. The molecule has 0 radical (unpaired) electrons. The summed E-state index contributed by atoms with van der Waals surface area (Å²) in [6.45, 7) is 1.97. The lowest BCUT2D eigenvalue weighted by molar-refractivity contribution is -0.116. The Bertz CT molecular complexity index is 746. The van der Waals surface area contributed by atoms with Crippen molar-refractivity contribution >= 4 is 33.8 Å². The van der Waals surface area contributed by atoms with Crippen molar-refractivity contribution in [1.82, 2.24) is 15.2 Å². The van der Waals surface area contributed by atoms with Crippen LogP contribution in [0.15, 0.2) is 29.8 Å². The second kappa shape index (κ2) is 5.42. The molecule has 1 amide bonds. The molecule has 5 nitrogen and oxygen atoms in total. The van der Waals surface area contributed by atoms with Crippen molar-refractivity contribution in [3.05, 3.63) is 40.5 Å². The first-order chi connectivity index (χ1) is 9.70. The van der Waals surface area contributed by atoms with Gasteiger partial charge in [0.05, 0.1) is 22.4 Å². The van der Waals surface area contributed by atoms with Crippen molar-refractivity contribution < 1.29 is 4.79 Å². The van der Waals surface area contributed by atoms with Crippen molar-refractivity contribution in [3.63, 3.8) is 0 Å². The quantitative estimate of drug-likeness (QED) is 0.774. The Balaban J connectivity index is 1.60. The van der Waals surface area contributed by atoms with E-state index in [4.69, 9.17) is 0 Å². The summed E-state index contributed by atoms with van der Waals surface area (Å²) in [7, 11) is 0. The van der Waals surface area contributed by atoms with Crippen LogP contribution in [0.25, 0.3) is 10.9 Å². The first-order valence-corrected chi connectivity index (χ1v) is 7.23. The Morgan fingerprint density at radius 2 is 2.35 bits per heavy atom. The second-order valence-corrected chi connectivity index (χ2v) is 5.64. The van der Waals surface area contributed by atoms with Crippen molar-refractivity contribution in [2.45, 2.75) is 19.8 Å². The largest absolute Gasteiger partial charge is 0.326 e. The number of benzene rings is 1. The minimum Gasteiger partial charge on any atom is -0.326 e. The number of aromatic amines is 1. The summed E-state index contributed by atoms with van der Waals surface area (Å²) in [5, 5.41) is 13.8. The molecule has 0 fully saturated rings. The number of anilines is 1. The third-order valence-electron chi connectivity index (χ3n) is 3.00. The fourth-order valence-electron chi connectivity index (χ4n) is 2.00. The highest BCUT2D eigenvalue weighted by atomic mass is 32.1. The lowest BCUT2D eigenvalue weighted by Gasteiger charge is -2.04. The molecule has 0 aliphatic heterocycles. The van der Waals surface area contributed by atoms with E-state index in [9.17, 15) is 4.79 Å². The highest BCUT2D eigenvalue weighted by Crippen LogP contribution is 2.17. The van der Waals surface area contributed by atoms with Gasteiger partial charge >= 0.3 is 0 Å². The number of amides is 1. The Morgan fingerprint density at radius 1 is 1.45 bits per heavy atom. The molecular weight excluding hydrogens is 272 g/mol. The molecule has 0 aliphatic carbocycles. The molecule has 3 rings (SSSR count). The molecule has 1 aromatic carbocycles. The van der Waals surface area contributed by atoms with Crippen LogP contribution < -0.4 is 5.32 Å². The van der Waals surface area contributed by atoms with Crippen LogP contribution in [-0.4, -0.2) is 21.1 Å². The van der Waals surface area contributed by atoms with Crippen LogP contribution in [0.5, 0.6) is 0 Å². The molecule has 0 saturated heterocycles. The molecule has 0 unspecified atom stereocenters. The van der Waals surface area contributed by atoms with Crippen molar-refractivity contribution in [2.75, 3.05) is 5.32 Å². The van der Waals surface area contributed by atoms with E-state index >= 15 is 0 Å². The Morgan fingerprint density at radius 3 is 3.15 bits per heavy atom. The molecule has 0 aliphatic rings. The molecule has 0 atom stereocenters. The fraction of sp³-hybridized carbons (Fsp3) is 0.214. The molecular formula is C14H14N4OS. The van der Waals surface area contributed by atoms with E-state index in [0.717, 1.165) is 27.3 Å². The third-order valence-corrected chi connectivity index (χ3v) is 3.82. The van der Waals surface area contributed by atoms with Crippen molar-refractivity contribution in [2.24, 2.45) is 0 Å². The predicted octanol–water partition coefficient (Wildman–Crippen LogP) is 2.90. The lowest BCUT2D eigenvalue weighted by atomic mass is 10.2. The van der Waals surface area contributed by atoms with E-state index in [2.05, 4.69) is 20.5 Å². The molecule has 3 aromatic rings. The van der Waals surface area contributed by atoms with Gasteiger partial charge in [-0.2, -0.15) is 5.10 Å². The van der Waals surface area contributed by atoms with Crippen LogP contribution in [0.2, 0.25) is 0 Å². The minimum atomic E-state index is -0.00508. The van der Waals surface area contributed by atoms with Gasteiger partial charge in [-0.15, -0.1) is 11.3 Å². The monoisotopic (exact) mass is 286 g/mol. The van der Waals surface area contributed by atoms with Gasteiger partial charge in [0.1, 0.15) is 0 Å². The molecule has 2 N–H and O–H groups in total. The molecule has 0 saturated carbocycles. The van der Waals surface area contributed by atoms with Gasteiger partial charge in [-0.05, 0) is 31.5 Å². The third kappa shape index (κ3) is 2.85. The molecule has 2 aromatic heterocycles. The number of aryl methyl sites for hydroxylation is 2. The van der Waals surface area contributed by atoms with Gasteiger partial charge in [0.15, 0.2) is 0 Å². The van der Waals surface area contributed by atoms with Crippen molar-refractivity contribution in [1.29, 1.82) is 0 Å². The van der Waals surface area contributed by atoms with Crippen LogP contribution in [0.3, 0.4) is 0 Å². The van der Waals surface area contributed by atoms with Gasteiger partial charge < -0.3 is 5.32 Å². The summed E-state index contributed by atoms with van der Waals surface area (Å²) in [6.07, 6.45) is 2.86. The summed E-state index contributed by atoms with van der Waals surface area (Å²) < 4.78 is 0. The zero-order chi connectivity index (χ0) is 13.9. The summed E-state index contributed by atoms with van der Waals surface area (Å²) >= 11 is 1.61. The van der Waals surface area contributed by atoms with Gasteiger partial charge in [0, 0.05) is 22.9 Å². The van der Waals surface area contributed by atoms with E-state index in [1.54, 1.807) is 17.5 Å². The van der Waals surface area contributed by atoms with Gasteiger partial charge in [-0.1, -0.05) is 0 Å². The summed E-state index contributed by atoms with van der Waals surface area (Å²) in [5.41, 5.74) is 2.67. The van der Waals surface area contributed by atoms with Gasteiger partial charge in [0.2, 0.25) is 5.91 Å². The van der Waals surface area contributed by atoms with Crippen LogP contribution in [0, 0.1) is 6.92 Å². The van der Waals surface area contributed by atoms with Crippen LogP contribution in [0.1, 0.15) is 17.1 Å². The number of aromatic nitrogens is 3. The standard InChI is InChI=1S/C14H14N4OS/c1-9-16-12(8-20-9)4-5-14(19)17-11-3-2-10-7-15-18-13(10)6-11/h2-3,6-8H,4-5H2,1H3,(H,15,18)(H,17,19). The van der Waals surface area contributed by atoms with Crippen LogP contribution in [-0.2, 0) is 11.2 Å². The highest BCUT2D eigenvalue weighted by molar-refractivity contribution is 7.09. The van der Waals surface area contributed by atoms with E-state index in [-0.39, 0.29) is 5.91 Å². The number of carbonyl (C=O) groups is 1. The first-order valence-electron chi connectivity index (χ1n) is 6.35. The Kier molecular flexibility index (Phi) is 3.47. The second-order valence-electron chi connectivity index (χ2n) is 4.58. The van der Waals surface area contributed by atoms with E-state index < -0.39 is 0 Å². The zero-order valence-corrected chi connectivity index (χ0v) is 11.8. The average Bonchev–Trinajstić information content (AvgIpc) is 3.04. The maximum absolute atomic E-state index is 11.9. The van der Waals surface area contributed by atoms with Gasteiger partial charge in [-0.25, -0.2) is 4.98 Å². The first kappa shape index (κ1) is 12.8. The fourth-order valence-corrected chi connectivity index (χ4v) is 2.65. The highest BCUT2D eigenvalue weighted by Gasteiger charge is 2.06. The van der Waals surface area contributed by atoms with E-state index in [1.807, 2.05) is 30.5 Å². The summed E-state index contributed by atoms with van der Waals surface area (Å²) in [5.74, 6) is -0.00508. The molecule has 0 bridgehead atoms. The maximum Gasteiger partial charge on any atom is 0.224 e. The lowest BCUT2D eigenvalue weighted by Crippen LogP contribution is -2.12. The van der Waals surface area contributed by atoms with E-state index in [0.29, 0.717) is 12.8 Å². The van der Waals surface area contributed by atoms with Crippen LogP contribution in [0.4, 0.5) is 5.69 Å². The van der Waals surface area contributed by atoms with Gasteiger partial charge in [0.25, 0.3) is 0 Å². The number of thiazole rings is 1. The van der Waals surface area contributed by atoms with Crippen LogP contribution >= 0.6 is 11.3 Å². The van der Waals surface area contributed by atoms with E-state index in [1.165, 1.54) is 0 Å². The number of hydrogen-bond acceptors (Lipinski definition) is 4. The number of nitrogens with one attached hydrogen (secondary N) is 2. The summed E-state index contributed by atoms with van der Waals surface area (Å²) in [4.78, 5) is 16.3. The number of carbonyl (C=O) groups excluding carboxylic acids is 1. The molecule has 2 heterocycles. The Labute approximate surface area is 120 Å².